The number of alkyl halides is 3. The summed E-state index contributed by atoms with van der Waals surface area (Å²) in [5, 5.41) is 0. The van der Waals surface area contributed by atoms with Crippen molar-refractivity contribution in [2.24, 2.45) is 0 Å². The fourth-order valence-corrected chi connectivity index (χ4v) is 4.54. The third kappa shape index (κ3) is 7.97. The minimum absolute atomic E-state index is 0.153. The van der Waals surface area contributed by atoms with Crippen molar-refractivity contribution in [2.75, 3.05) is 13.1 Å². The Bertz CT molecular complexity index is 1480. The van der Waals surface area contributed by atoms with Crippen LogP contribution in [0.25, 0.3) is 0 Å². The lowest BCUT2D eigenvalue weighted by Crippen LogP contribution is -2.42. The molecule has 8 heteroatoms. The molecule has 0 aliphatic rings. The van der Waals surface area contributed by atoms with E-state index in [2.05, 4.69) is 6.58 Å². The van der Waals surface area contributed by atoms with E-state index in [4.69, 9.17) is 0 Å². The van der Waals surface area contributed by atoms with Crippen molar-refractivity contribution in [3.8, 4) is 0 Å². The molecule has 212 valence electrons. The Balaban J connectivity index is 1.57. The van der Waals surface area contributed by atoms with Gasteiger partial charge in [-0.2, -0.15) is 13.2 Å². The lowest BCUT2D eigenvalue weighted by Gasteiger charge is -2.28. The zero-order valence-corrected chi connectivity index (χ0v) is 22.8. The lowest BCUT2D eigenvalue weighted by molar-refractivity contribution is -0.137. The van der Waals surface area contributed by atoms with E-state index in [9.17, 15) is 22.8 Å². The maximum absolute atomic E-state index is 13.7. The predicted molar refractivity (Wildman–Crippen MR) is 153 cm³/mol. The van der Waals surface area contributed by atoms with Crippen LogP contribution in [0, 0.1) is 6.92 Å². The normalized spacial score (nSPS) is 11.2. The Morgan fingerprint density at radius 1 is 0.854 bits per heavy atom. The minimum atomic E-state index is -4.43. The number of hydrogen-bond donors (Lipinski definition) is 0. The summed E-state index contributed by atoms with van der Waals surface area (Å²) >= 11 is 0. The first-order chi connectivity index (χ1) is 19.6. The molecule has 3 aromatic carbocycles. The van der Waals surface area contributed by atoms with E-state index in [1.165, 1.54) is 11.0 Å². The number of amides is 2. The molecule has 5 nitrogen and oxygen atoms in total. The van der Waals surface area contributed by atoms with Gasteiger partial charge >= 0.3 is 6.18 Å². The Kier molecular flexibility index (Phi) is 9.45. The number of carbonyl (C=O) groups is 2. The van der Waals surface area contributed by atoms with Gasteiger partial charge in [-0.3, -0.25) is 9.59 Å². The second-order valence-corrected chi connectivity index (χ2v) is 9.90. The van der Waals surface area contributed by atoms with Crippen LogP contribution in [0.1, 0.15) is 38.3 Å². The monoisotopic (exact) mass is 559 g/mol. The average Bonchev–Trinajstić information content (AvgIpc) is 3.39. The molecule has 0 aliphatic carbocycles. The van der Waals surface area contributed by atoms with Crippen LogP contribution in [-0.4, -0.2) is 39.3 Å². The van der Waals surface area contributed by atoms with Crippen LogP contribution in [-0.2, 0) is 30.6 Å². The molecule has 1 aromatic heterocycles. The summed E-state index contributed by atoms with van der Waals surface area (Å²) < 4.78 is 41.6. The van der Waals surface area contributed by atoms with Crippen molar-refractivity contribution in [3.63, 3.8) is 0 Å². The van der Waals surface area contributed by atoms with Crippen molar-refractivity contribution >= 4 is 11.8 Å². The summed E-state index contributed by atoms with van der Waals surface area (Å²) in [5.41, 5.74) is 2.97. The minimum Gasteiger partial charge on any atom is -0.345 e. The van der Waals surface area contributed by atoms with Crippen molar-refractivity contribution in [2.45, 2.75) is 32.7 Å². The van der Waals surface area contributed by atoms with Crippen LogP contribution in [0.5, 0.6) is 0 Å². The number of hydrogen-bond acceptors (Lipinski definition) is 2. The molecule has 0 aliphatic heterocycles. The van der Waals surface area contributed by atoms with Crippen LogP contribution < -0.4 is 0 Å². The lowest BCUT2D eigenvalue weighted by atomic mass is 10.1. The topological polar surface area (TPSA) is 45.6 Å². The molecule has 0 bridgehead atoms. The first-order valence-electron chi connectivity index (χ1n) is 13.2. The van der Waals surface area contributed by atoms with E-state index in [0.717, 1.165) is 29.0 Å². The van der Waals surface area contributed by atoms with Crippen LogP contribution in [0.4, 0.5) is 13.2 Å². The Morgan fingerprint density at radius 3 is 2.24 bits per heavy atom. The molecule has 41 heavy (non-hydrogen) atoms. The van der Waals surface area contributed by atoms with Gasteiger partial charge in [-0.05, 0) is 54.4 Å². The Morgan fingerprint density at radius 2 is 1.56 bits per heavy atom. The number of nitrogens with zero attached hydrogens (tertiary/aromatic N) is 3. The summed E-state index contributed by atoms with van der Waals surface area (Å²) in [5.74, 6) is -0.534. The van der Waals surface area contributed by atoms with Crippen LogP contribution >= 0.6 is 0 Å². The average molecular weight is 560 g/mol. The number of aromatic nitrogens is 1. The molecule has 0 spiro atoms. The highest BCUT2D eigenvalue weighted by molar-refractivity contribution is 5.96. The second kappa shape index (κ2) is 13.2. The highest BCUT2D eigenvalue weighted by atomic mass is 19.4. The van der Waals surface area contributed by atoms with Crippen LogP contribution in [0.15, 0.2) is 110 Å². The van der Waals surface area contributed by atoms with Crippen molar-refractivity contribution in [1.29, 1.82) is 0 Å². The highest BCUT2D eigenvalue weighted by Gasteiger charge is 2.30. The van der Waals surface area contributed by atoms with Gasteiger partial charge in [0, 0.05) is 37.1 Å². The summed E-state index contributed by atoms with van der Waals surface area (Å²) in [4.78, 5) is 30.1. The largest absolute Gasteiger partial charge is 0.416 e. The van der Waals surface area contributed by atoms with Gasteiger partial charge < -0.3 is 14.4 Å². The smallest absolute Gasteiger partial charge is 0.345 e. The van der Waals surface area contributed by atoms with Gasteiger partial charge in [-0.1, -0.05) is 66.2 Å². The molecular weight excluding hydrogens is 527 g/mol. The summed E-state index contributed by atoms with van der Waals surface area (Å²) in [6.45, 7) is 6.46. The quantitative estimate of drug-likeness (QED) is 0.192. The van der Waals surface area contributed by atoms with Gasteiger partial charge in [0.25, 0.3) is 5.91 Å². The van der Waals surface area contributed by atoms with E-state index in [1.807, 2.05) is 60.0 Å². The zero-order chi connectivity index (χ0) is 29.4. The molecule has 0 saturated heterocycles. The maximum atomic E-state index is 13.7. The van der Waals surface area contributed by atoms with Gasteiger partial charge in [0.05, 0.1) is 12.1 Å². The number of benzene rings is 3. The summed E-state index contributed by atoms with van der Waals surface area (Å²) in [6.07, 6.45) is -1.06. The van der Waals surface area contributed by atoms with Gasteiger partial charge in [-0.15, -0.1) is 6.58 Å². The van der Waals surface area contributed by atoms with Crippen molar-refractivity contribution in [1.82, 2.24) is 14.4 Å². The number of carbonyl (C=O) groups excluding carboxylic acids is 2. The molecule has 0 radical (unpaired) electrons. The molecule has 0 unspecified atom stereocenters. The molecule has 0 saturated carbocycles. The third-order valence-electron chi connectivity index (χ3n) is 6.71. The van der Waals surface area contributed by atoms with E-state index < -0.39 is 11.7 Å². The number of rotatable bonds is 11. The summed E-state index contributed by atoms with van der Waals surface area (Å²) in [6, 6.07) is 25.6. The molecular formula is C33H32F3N3O2. The molecule has 0 N–H and O–H groups in total. The molecule has 0 fully saturated rings. The Hall–Kier alpha value is -4.59. The SMILES string of the molecule is C=CCN(CC(=O)N(Cc1ccccc1)Cc1cccn1Cc1cccc(C(F)(F)F)c1)C(=O)c1ccc(C)cc1. The van der Waals surface area contributed by atoms with Gasteiger partial charge in [0.15, 0.2) is 0 Å². The fraction of sp³-hybridized carbons (Fsp3) is 0.212. The van der Waals surface area contributed by atoms with E-state index in [-0.39, 0.29) is 38.0 Å². The number of aryl methyl sites for hydroxylation is 1. The first-order valence-corrected chi connectivity index (χ1v) is 13.2. The molecule has 0 atom stereocenters. The summed E-state index contributed by atoms with van der Waals surface area (Å²) in [7, 11) is 0. The van der Waals surface area contributed by atoms with E-state index in [1.54, 1.807) is 41.4 Å². The van der Waals surface area contributed by atoms with Gasteiger partial charge in [-0.25, -0.2) is 0 Å². The Labute approximate surface area is 238 Å². The van der Waals surface area contributed by atoms with Gasteiger partial charge in [0.1, 0.15) is 6.54 Å². The third-order valence-corrected chi connectivity index (χ3v) is 6.71. The maximum Gasteiger partial charge on any atom is 0.416 e. The molecule has 2 amide bonds. The molecule has 4 rings (SSSR count). The van der Waals surface area contributed by atoms with Crippen molar-refractivity contribution in [3.05, 3.63) is 143 Å². The van der Waals surface area contributed by atoms with Crippen LogP contribution in [0.2, 0.25) is 0 Å². The standard InChI is InChI=1S/C33H32F3N3O2/c1-3-18-38(32(41)28-16-14-25(2)15-17-28)24-31(40)39(21-26-9-5-4-6-10-26)23-30-13-8-19-37(30)22-27-11-7-12-29(20-27)33(34,35)36/h3-17,19-20H,1,18,21-24H2,2H3. The van der Waals surface area contributed by atoms with E-state index >= 15 is 0 Å². The fourth-order valence-electron chi connectivity index (χ4n) is 4.54. The van der Waals surface area contributed by atoms with Crippen molar-refractivity contribution < 1.29 is 22.8 Å². The highest BCUT2D eigenvalue weighted by Crippen LogP contribution is 2.30. The van der Waals surface area contributed by atoms with Crippen LogP contribution in [0.3, 0.4) is 0 Å². The predicted octanol–water partition coefficient (Wildman–Crippen LogP) is 6.72. The first kappa shape index (κ1) is 29.4. The van der Waals surface area contributed by atoms with Gasteiger partial charge in [0.2, 0.25) is 5.91 Å². The van der Waals surface area contributed by atoms with E-state index in [0.29, 0.717) is 17.7 Å². The number of halogens is 3. The molecule has 1 heterocycles. The second-order valence-electron chi connectivity index (χ2n) is 9.90. The zero-order valence-electron chi connectivity index (χ0n) is 22.8. The molecule has 4 aromatic rings.